The first-order valence-electron chi connectivity index (χ1n) is 5.54. The molecule has 4 nitrogen and oxygen atoms in total. The lowest BCUT2D eigenvalue weighted by molar-refractivity contribution is 0.640. The van der Waals surface area contributed by atoms with Crippen molar-refractivity contribution in [2.45, 2.75) is 32.2 Å². The van der Waals surface area contributed by atoms with E-state index in [1.165, 1.54) is 19.3 Å². The molecule has 0 amide bonds. The van der Waals surface area contributed by atoms with Crippen LogP contribution in [0, 0.1) is 5.92 Å². The Hall–Kier alpha value is -1.32. The van der Waals surface area contributed by atoms with Crippen LogP contribution >= 0.6 is 0 Å². The Kier molecular flexibility index (Phi) is 3.04. The van der Waals surface area contributed by atoms with Crippen LogP contribution in [0.1, 0.15) is 26.2 Å². The predicted octanol–water partition coefficient (Wildman–Crippen LogP) is 2.12. The fourth-order valence-electron chi connectivity index (χ4n) is 1.74. The number of anilines is 2. The molecule has 1 atom stereocenters. The lowest BCUT2D eigenvalue weighted by Crippen LogP contribution is -2.16. The van der Waals surface area contributed by atoms with Crippen LogP contribution in [-0.4, -0.2) is 23.1 Å². The lowest BCUT2D eigenvalue weighted by Gasteiger charge is -2.14. The van der Waals surface area contributed by atoms with Gasteiger partial charge in [-0.05, 0) is 19.3 Å². The molecule has 1 aromatic heterocycles. The average molecular weight is 206 g/mol. The summed E-state index contributed by atoms with van der Waals surface area (Å²) in [6.07, 6.45) is 5.63. The Morgan fingerprint density at radius 2 is 2.13 bits per heavy atom. The number of hydrogen-bond donors (Lipinski definition) is 2. The molecule has 0 radical (unpaired) electrons. The Morgan fingerprint density at radius 3 is 2.80 bits per heavy atom. The molecule has 1 saturated carbocycles. The summed E-state index contributed by atoms with van der Waals surface area (Å²) in [4.78, 5) is 8.27. The van der Waals surface area contributed by atoms with E-state index in [1.54, 1.807) is 6.33 Å². The van der Waals surface area contributed by atoms with Crippen molar-refractivity contribution in [3.8, 4) is 0 Å². The molecule has 1 aliphatic carbocycles. The van der Waals surface area contributed by atoms with Crippen molar-refractivity contribution in [1.82, 2.24) is 9.97 Å². The second-order valence-electron chi connectivity index (χ2n) is 4.26. The van der Waals surface area contributed by atoms with Gasteiger partial charge in [-0.3, -0.25) is 0 Å². The van der Waals surface area contributed by atoms with Crippen molar-refractivity contribution in [3.63, 3.8) is 0 Å². The Bertz CT molecular complexity index is 322. The van der Waals surface area contributed by atoms with Gasteiger partial charge >= 0.3 is 0 Å². The third-order valence-electron chi connectivity index (χ3n) is 2.70. The van der Waals surface area contributed by atoms with Crippen LogP contribution in [0.25, 0.3) is 0 Å². The molecule has 82 valence electrons. The van der Waals surface area contributed by atoms with Crippen LogP contribution in [0.2, 0.25) is 0 Å². The van der Waals surface area contributed by atoms with Crippen LogP contribution in [0.3, 0.4) is 0 Å². The van der Waals surface area contributed by atoms with Gasteiger partial charge in [-0.2, -0.15) is 0 Å². The monoisotopic (exact) mass is 206 g/mol. The smallest absolute Gasteiger partial charge is 0.131 e. The van der Waals surface area contributed by atoms with Gasteiger partial charge in [0.15, 0.2) is 0 Å². The molecule has 1 unspecified atom stereocenters. The van der Waals surface area contributed by atoms with Crippen molar-refractivity contribution in [2.75, 3.05) is 17.7 Å². The summed E-state index contributed by atoms with van der Waals surface area (Å²) in [6.45, 7) is 2.21. The van der Waals surface area contributed by atoms with Gasteiger partial charge in [0.05, 0.1) is 0 Å². The minimum absolute atomic E-state index is 0.497. The molecule has 2 N–H and O–H groups in total. The van der Waals surface area contributed by atoms with E-state index in [1.807, 2.05) is 13.1 Å². The zero-order valence-electron chi connectivity index (χ0n) is 9.33. The molecule has 1 heterocycles. The first-order valence-corrected chi connectivity index (χ1v) is 5.54. The van der Waals surface area contributed by atoms with Crippen molar-refractivity contribution in [1.29, 1.82) is 0 Å². The highest BCUT2D eigenvalue weighted by Gasteiger charge is 2.23. The molecule has 2 rings (SSSR count). The number of hydrogen-bond acceptors (Lipinski definition) is 4. The van der Waals surface area contributed by atoms with Crippen molar-refractivity contribution in [2.24, 2.45) is 5.92 Å². The molecule has 0 bridgehead atoms. The van der Waals surface area contributed by atoms with Gasteiger partial charge < -0.3 is 10.6 Å². The van der Waals surface area contributed by atoms with Gasteiger partial charge in [-0.15, -0.1) is 0 Å². The second-order valence-corrected chi connectivity index (χ2v) is 4.26. The summed E-state index contributed by atoms with van der Waals surface area (Å²) < 4.78 is 0. The topological polar surface area (TPSA) is 49.8 Å². The predicted molar refractivity (Wildman–Crippen MR) is 62.0 cm³/mol. The first-order chi connectivity index (χ1) is 7.28. The molecule has 15 heavy (non-hydrogen) atoms. The number of nitrogens with zero attached hydrogens (tertiary/aromatic N) is 2. The van der Waals surface area contributed by atoms with Gasteiger partial charge in [0.1, 0.15) is 18.0 Å². The Balaban J connectivity index is 1.90. The largest absolute Gasteiger partial charge is 0.373 e. The van der Waals surface area contributed by atoms with E-state index >= 15 is 0 Å². The van der Waals surface area contributed by atoms with E-state index in [0.29, 0.717) is 6.04 Å². The van der Waals surface area contributed by atoms with Crippen LogP contribution in [-0.2, 0) is 0 Å². The normalized spacial score (nSPS) is 17.2. The van der Waals surface area contributed by atoms with Crippen molar-refractivity contribution >= 4 is 11.6 Å². The highest BCUT2D eigenvalue weighted by molar-refractivity contribution is 5.46. The quantitative estimate of drug-likeness (QED) is 0.774. The maximum atomic E-state index is 4.19. The van der Waals surface area contributed by atoms with Gasteiger partial charge in [0, 0.05) is 19.2 Å². The third-order valence-corrected chi connectivity index (χ3v) is 2.70. The summed E-state index contributed by atoms with van der Waals surface area (Å²) in [5, 5.41) is 6.40. The van der Waals surface area contributed by atoms with E-state index in [2.05, 4.69) is 27.5 Å². The summed E-state index contributed by atoms with van der Waals surface area (Å²) in [5.41, 5.74) is 0. The molecule has 0 saturated heterocycles. The van der Waals surface area contributed by atoms with E-state index in [-0.39, 0.29) is 0 Å². The maximum absolute atomic E-state index is 4.19. The summed E-state index contributed by atoms with van der Waals surface area (Å²) in [6, 6.07) is 2.43. The lowest BCUT2D eigenvalue weighted by atomic mass is 10.1. The fraction of sp³-hybridized carbons (Fsp3) is 0.636. The Morgan fingerprint density at radius 1 is 1.40 bits per heavy atom. The third kappa shape index (κ3) is 3.08. The number of aromatic nitrogens is 2. The van der Waals surface area contributed by atoms with E-state index < -0.39 is 0 Å². The minimum Gasteiger partial charge on any atom is -0.373 e. The molecule has 1 aliphatic rings. The van der Waals surface area contributed by atoms with Crippen molar-refractivity contribution < 1.29 is 0 Å². The van der Waals surface area contributed by atoms with E-state index in [4.69, 9.17) is 0 Å². The van der Waals surface area contributed by atoms with Gasteiger partial charge in [-0.25, -0.2) is 9.97 Å². The van der Waals surface area contributed by atoms with E-state index in [9.17, 15) is 0 Å². The van der Waals surface area contributed by atoms with E-state index in [0.717, 1.165) is 17.6 Å². The van der Waals surface area contributed by atoms with Crippen LogP contribution < -0.4 is 10.6 Å². The average Bonchev–Trinajstić information content (AvgIpc) is 3.02. The highest BCUT2D eigenvalue weighted by Crippen LogP contribution is 2.33. The van der Waals surface area contributed by atoms with Gasteiger partial charge in [-0.1, -0.05) is 12.8 Å². The SMILES string of the molecule is CNc1cc(NC(C)CC2CC2)ncn1. The molecule has 0 aliphatic heterocycles. The van der Waals surface area contributed by atoms with Crippen LogP contribution in [0.4, 0.5) is 11.6 Å². The molecule has 4 heteroatoms. The second kappa shape index (κ2) is 4.47. The Labute approximate surface area is 90.5 Å². The standard InChI is InChI=1S/C11H18N4/c1-8(5-9-3-4-9)15-11-6-10(12-2)13-7-14-11/h6-9H,3-5H2,1-2H3,(H2,12,13,14,15). The molecule has 0 spiro atoms. The highest BCUT2D eigenvalue weighted by atomic mass is 15.1. The maximum Gasteiger partial charge on any atom is 0.131 e. The van der Waals surface area contributed by atoms with Gasteiger partial charge in [0.2, 0.25) is 0 Å². The zero-order chi connectivity index (χ0) is 10.7. The fourth-order valence-corrected chi connectivity index (χ4v) is 1.74. The summed E-state index contributed by atoms with van der Waals surface area (Å²) in [5.74, 6) is 2.70. The number of rotatable bonds is 5. The zero-order valence-corrected chi connectivity index (χ0v) is 9.33. The molecule has 0 aromatic carbocycles. The van der Waals surface area contributed by atoms with Gasteiger partial charge in [0.25, 0.3) is 0 Å². The molecular weight excluding hydrogens is 188 g/mol. The first kappa shape index (κ1) is 10.2. The number of nitrogens with one attached hydrogen (secondary N) is 2. The summed E-state index contributed by atoms with van der Waals surface area (Å²) >= 11 is 0. The van der Waals surface area contributed by atoms with Crippen LogP contribution in [0.15, 0.2) is 12.4 Å². The summed E-state index contributed by atoms with van der Waals surface area (Å²) in [7, 11) is 1.86. The van der Waals surface area contributed by atoms with Crippen LogP contribution in [0.5, 0.6) is 0 Å². The molecule has 1 fully saturated rings. The molecule has 1 aromatic rings. The minimum atomic E-state index is 0.497. The van der Waals surface area contributed by atoms with Crippen molar-refractivity contribution in [3.05, 3.63) is 12.4 Å². The molecular formula is C11H18N4.